The van der Waals surface area contributed by atoms with Crippen LogP contribution in [0.4, 0.5) is 5.69 Å². The fraction of sp³-hybridized carbons (Fsp3) is 0.179. The number of aromatic nitrogens is 2. The number of carbonyl (C=O) groups excluding carboxylic acids is 2. The average Bonchev–Trinajstić information content (AvgIpc) is 3.36. The molecule has 182 valence electrons. The van der Waals surface area contributed by atoms with Crippen LogP contribution in [0, 0.1) is 6.92 Å². The molecular formula is C28H26N4O3S. The minimum Gasteiger partial charge on any atom is -0.322 e. The largest absolute Gasteiger partial charge is 0.322 e. The molecule has 1 aliphatic heterocycles. The van der Waals surface area contributed by atoms with Gasteiger partial charge in [0, 0.05) is 19.2 Å². The maximum Gasteiger partial charge on any atom is 0.295 e. The van der Waals surface area contributed by atoms with Crippen LogP contribution >= 0.6 is 11.8 Å². The third-order valence-electron chi connectivity index (χ3n) is 6.41. The van der Waals surface area contributed by atoms with Crippen molar-refractivity contribution in [3.63, 3.8) is 0 Å². The molecule has 1 aromatic heterocycles. The number of amides is 2. The van der Waals surface area contributed by atoms with Gasteiger partial charge in [-0.15, -0.1) is 11.8 Å². The van der Waals surface area contributed by atoms with Crippen molar-refractivity contribution in [3.05, 3.63) is 118 Å². The van der Waals surface area contributed by atoms with E-state index in [4.69, 9.17) is 0 Å². The lowest BCUT2D eigenvalue weighted by molar-refractivity contribution is -0.128. The molecule has 0 aliphatic carbocycles. The zero-order valence-corrected chi connectivity index (χ0v) is 20.9. The lowest BCUT2D eigenvalue weighted by Gasteiger charge is -2.24. The predicted octanol–water partition coefficient (Wildman–Crippen LogP) is 4.51. The Balaban J connectivity index is 1.34. The summed E-state index contributed by atoms with van der Waals surface area (Å²) in [6.07, 6.45) is 0. The van der Waals surface area contributed by atoms with Gasteiger partial charge in [-0.05, 0) is 42.3 Å². The molecule has 0 spiro atoms. The number of hydrogen-bond donors (Lipinski definition) is 1. The van der Waals surface area contributed by atoms with Crippen LogP contribution < -0.4 is 10.9 Å². The minimum atomic E-state index is -0.358. The zero-order valence-electron chi connectivity index (χ0n) is 20.0. The topological polar surface area (TPSA) is 76.3 Å². The third-order valence-corrected chi connectivity index (χ3v) is 7.67. The Bertz CT molecular complexity index is 1460. The highest BCUT2D eigenvalue weighted by Crippen LogP contribution is 2.39. The fourth-order valence-corrected chi connectivity index (χ4v) is 5.57. The molecule has 1 saturated heterocycles. The summed E-state index contributed by atoms with van der Waals surface area (Å²) < 4.78 is 3.26. The molecule has 7 nitrogen and oxygen atoms in total. The molecule has 2 heterocycles. The van der Waals surface area contributed by atoms with Gasteiger partial charge in [0.15, 0.2) is 0 Å². The van der Waals surface area contributed by atoms with Crippen molar-refractivity contribution in [3.8, 4) is 5.69 Å². The lowest BCUT2D eigenvalue weighted by Crippen LogP contribution is -2.27. The van der Waals surface area contributed by atoms with E-state index in [1.807, 2.05) is 77.7 Å². The SMILES string of the molecule is Cc1c(NC(=O)c2ccc([C@@H]3SCC(=O)N3Cc3ccccc3)cc2)c(=O)n(-c2ccccc2)n1C. The van der Waals surface area contributed by atoms with E-state index < -0.39 is 0 Å². The van der Waals surface area contributed by atoms with E-state index >= 15 is 0 Å². The van der Waals surface area contributed by atoms with E-state index in [1.165, 1.54) is 4.68 Å². The molecule has 3 aromatic carbocycles. The molecule has 5 rings (SSSR count). The Kier molecular flexibility index (Phi) is 6.52. The van der Waals surface area contributed by atoms with Gasteiger partial charge in [-0.25, -0.2) is 4.68 Å². The van der Waals surface area contributed by atoms with Crippen molar-refractivity contribution >= 4 is 29.3 Å². The van der Waals surface area contributed by atoms with Gasteiger partial charge in [-0.2, -0.15) is 0 Å². The Morgan fingerprint density at radius 1 is 0.944 bits per heavy atom. The van der Waals surface area contributed by atoms with E-state index in [0.717, 1.165) is 16.8 Å². The number of carbonyl (C=O) groups is 2. The van der Waals surface area contributed by atoms with Crippen molar-refractivity contribution in [2.24, 2.45) is 7.05 Å². The smallest absolute Gasteiger partial charge is 0.295 e. The minimum absolute atomic E-state index is 0.102. The van der Waals surface area contributed by atoms with Crippen LogP contribution in [-0.4, -0.2) is 31.8 Å². The maximum absolute atomic E-state index is 13.1. The first-order chi connectivity index (χ1) is 17.4. The normalized spacial score (nSPS) is 15.3. The first-order valence-corrected chi connectivity index (χ1v) is 12.7. The monoisotopic (exact) mass is 498 g/mol. The van der Waals surface area contributed by atoms with Crippen LogP contribution in [0.5, 0.6) is 0 Å². The number of anilines is 1. The summed E-state index contributed by atoms with van der Waals surface area (Å²) in [7, 11) is 1.79. The molecule has 1 atom stereocenters. The quantitative estimate of drug-likeness (QED) is 0.424. The molecule has 0 unspecified atom stereocenters. The number of rotatable bonds is 6. The van der Waals surface area contributed by atoms with Gasteiger partial charge in [0.05, 0.1) is 17.1 Å². The summed E-state index contributed by atoms with van der Waals surface area (Å²) in [6.45, 7) is 2.34. The summed E-state index contributed by atoms with van der Waals surface area (Å²) in [5, 5.41) is 2.69. The maximum atomic E-state index is 13.1. The summed E-state index contributed by atoms with van der Waals surface area (Å²) in [6, 6.07) is 26.5. The Labute approximate surface area is 213 Å². The van der Waals surface area contributed by atoms with Crippen LogP contribution in [0.1, 0.15) is 32.6 Å². The third kappa shape index (κ3) is 4.47. The fourth-order valence-electron chi connectivity index (χ4n) is 4.38. The van der Waals surface area contributed by atoms with E-state index in [9.17, 15) is 14.4 Å². The summed E-state index contributed by atoms with van der Waals surface area (Å²) in [5.74, 6) is 0.175. The van der Waals surface area contributed by atoms with Gasteiger partial charge in [-0.3, -0.25) is 19.1 Å². The van der Waals surface area contributed by atoms with Crippen molar-refractivity contribution in [1.29, 1.82) is 0 Å². The van der Waals surface area contributed by atoms with Crippen LogP contribution in [0.3, 0.4) is 0 Å². The first kappa shape index (κ1) is 23.7. The standard InChI is InChI=1S/C28H26N4O3S/c1-19-25(27(35)32(30(19)2)23-11-7-4-8-12-23)29-26(34)21-13-15-22(16-14-21)28-31(24(33)18-36-28)17-20-9-5-3-6-10-20/h3-16,28H,17-18H2,1-2H3,(H,29,34)/t28-/m0/s1. The molecule has 1 fully saturated rings. The number of benzene rings is 3. The van der Waals surface area contributed by atoms with Gasteiger partial charge >= 0.3 is 0 Å². The predicted molar refractivity (Wildman–Crippen MR) is 142 cm³/mol. The molecule has 2 amide bonds. The summed E-state index contributed by atoms with van der Waals surface area (Å²) in [5.41, 5.74) is 3.82. The van der Waals surface area contributed by atoms with Crippen molar-refractivity contribution in [1.82, 2.24) is 14.3 Å². The van der Waals surface area contributed by atoms with Gasteiger partial charge in [0.2, 0.25) is 5.91 Å². The summed E-state index contributed by atoms with van der Waals surface area (Å²) >= 11 is 1.58. The lowest BCUT2D eigenvalue weighted by atomic mass is 10.1. The number of para-hydroxylation sites is 1. The van der Waals surface area contributed by atoms with Crippen molar-refractivity contribution in [2.75, 3.05) is 11.1 Å². The highest BCUT2D eigenvalue weighted by atomic mass is 32.2. The van der Waals surface area contributed by atoms with E-state index in [-0.39, 0.29) is 28.4 Å². The molecule has 8 heteroatoms. The van der Waals surface area contributed by atoms with Gasteiger partial charge in [-0.1, -0.05) is 60.7 Å². The molecule has 0 bridgehead atoms. The molecule has 1 aliphatic rings. The van der Waals surface area contributed by atoms with Crippen molar-refractivity contribution in [2.45, 2.75) is 18.8 Å². The molecule has 36 heavy (non-hydrogen) atoms. The Hall–Kier alpha value is -4.04. The Morgan fingerprint density at radius 2 is 1.58 bits per heavy atom. The van der Waals surface area contributed by atoms with E-state index in [0.29, 0.717) is 23.6 Å². The second kappa shape index (κ2) is 9.91. The average molecular weight is 499 g/mol. The molecule has 0 saturated carbocycles. The number of nitrogens with one attached hydrogen (secondary N) is 1. The molecular weight excluding hydrogens is 472 g/mol. The van der Waals surface area contributed by atoms with Crippen LogP contribution in [0.25, 0.3) is 5.69 Å². The molecule has 4 aromatic rings. The summed E-state index contributed by atoms with van der Waals surface area (Å²) in [4.78, 5) is 40.6. The van der Waals surface area contributed by atoms with Crippen LogP contribution in [-0.2, 0) is 18.4 Å². The van der Waals surface area contributed by atoms with E-state index in [1.54, 1.807) is 42.5 Å². The number of nitrogens with zero attached hydrogens (tertiary/aromatic N) is 3. The molecule has 0 radical (unpaired) electrons. The number of hydrogen-bond acceptors (Lipinski definition) is 4. The van der Waals surface area contributed by atoms with Crippen molar-refractivity contribution < 1.29 is 9.59 Å². The van der Waals surface area contributed by atoms with Gasteiger partial charge in [0.1, 0.15) is 11.1 Å². The Morgan fingerprint density at radius 3 is 2.25 bits per heavy atom. The second-order valence-corrected chi connectivity index (χ2v) is 9.75. The number of thioether (sulfide) groups is 1. The van der Waals surface area contributed by atoms with E-state index in [2.05, 4.69) is 5.32 Å². The van der Waals surface area contributed by atoms with Gasteiger partial charge < -0.3 is 10.2 Å². The second-order valence-electron chi connectivity index (χ2n) is 8.68. The molecule has 1 N–H and O–H groups in total. The van der Waals surface area contributed by atoms with Crippen LogP contribution in [0.2, 0.25) is 0 Å². The van der Waals surface area contributed by atoms with Crippen LogP contribution in [0.15, 0.2) is 89.7 Å². The van der Waals surface area contributed by atoms with Gasteiger partial charge in [0.25, 0.3) is 11.5 Å². The highest BCUT2D eigenvalue weighted by molar-refractivity contribution is 8.00. The first-order valence-electron chi connectivity index (χ1n) is 11.6. The highest BCUT2D eigenvalue weighted by Gasteiger charge is 2.32. The zero-order chi connectivity index (χ0) is 25.2.